The van der Waals surface area contributed by atoms with Gasteiger partial charge in [0.2, 0.25) is 5.82 Å². The molecule has 100 valence electrons. The topological polar surface area (TPSA) is 78.8 Å². The third kappa shape index (κ3) is 2.58. The summed E-state index contributed by atoms with van der Waals surface area (Å²) in [6, 6.07) is 6.25. The molecule has 0 fully saturated rings. The molecule has 2 aromatic rings. The maximum Gasteiger partial charge on any atom is 0.212 e. The molecule has 0 bridgehead atoms. The van der Waals surface area contributed by atoms with Crippen molar-refractivity contribution in [3.63, 3.8) is 0 Å². The molecule has 1 unspecified atom stereocenters. The second kappa shape index (κ2) is 4.97. The van der Waals surface area contributed by atoms with Crippen molar-refractivity contribution < 1.29 is 4.74 Å². The van der Waals surface area contributed by atoms with Crippen molar-refractivity contribution in [3.05, 3.63) is 35.2 Å². The fraction of sp³-hybridized carbons (Fsp3) is 0.462. The first-order valence-electron chi connectivity index (χ1n) is 6.46. The van der Waals surface area contributed by atoms with Crippen molar-refractivity contribution in [2.24, 2.45) is 12.8 Å². The smallest absolute Gasteiger partial charge is 0.212 e. The molecular weight excluding hydrogens is 242 g/mol. The van der Waals surface area contributed by atoms with E-state index in [1.54, 1.807) is 7.05 Å². The van der Waals surface area contributed by atoms with Gasteiger partial charge in [-0.3, -0.25) is 0 Å². The second-order valence-corrected chi connectivity index (χ2v) is 4.84. The van der Waals surface area contributed by atoms with Crippen LogP contribution in [0.25, 0.3) is 0 Å². The van der Waals surface area contributed by atoms with Crippen LogP contribution in [0, 0.1) is 0 Å². The van der Waals surface area contributed by atoms with Gasteiger partial charge in [0.15, 0.2) is 6.61 Å². The minimum atomic E-state index is 0.127. The monoisotopic (exact) mass is 259 g/mol. The quantitative estimate of drug-likeness (QED) is 0.893. The Labute approximate surface area is 111 Å². The van der Waals surface area contributed by atoms with Crippen LogP contribution in [0.3, 0.4) is 0 Å². The van der Waals surface area contributed by atoms with E-state index >= 15 is 0 Å². The Morgan fingerprint density at radius 3 is 3.16 bits per heavy atom. The lowest BCUT2D eigenvalue weighted by atomic mass is 9.88. The van der Waals surface area contributed by atoms with Crippen molar-refractivity contribution in [1.82, 2.24) is 20.2 Å². The van der Waals surface area contributed by atoms with Crippen molar-refractivity contribution >= 4 is 0 Å². The zero-order valence-electron chi connectivity index (χ0n) is 10.9. The summed E-state index contributed by atoms with van der Waals surface area (Å²) in [6.07, 6.45) is 3.31. The summed E-state index contributed by atoms with van der Waals surface area (Å²) in [6.45, 7) is 0.321. The highest BCUT2D eigenvalue weighted by Gasteiger charge is 2.17. The van der Waals surface area contributed by atoms with Crippen molar-refractivity contribution in [3.8, 4) is 5.75 Å². The van der Waals surface area contributed by atoms with Crippen LogP contribution in [0.1, 0.15) is 35.8 Å². The van der Waals surface area contributed by atoms with Gasteiger partial charge in [0.05, 0.1) is 7.05 Å². The van der Waals surface area contributed by atoms with E-state index < -0.39 is 0 Å². The highest BCUT2D eigenvalue weighted by molar-refractivity contribution is 5.39. The number of aryl methyl sites for hydroxylation is 2. The minimum Gasteiger partial charge on any atom is -0.485 e. The number of rotatable bonds is 3. The predicted molar refractivity (Wildman–Crippen MR) is 69.4 cm³/mol. The fourth-order valence-electron chi connectivity index (χ4n) is 2.43. The van der Waals surface area contributed by atoms with Gasteiger partial charge in [-0.05, 0) is 47.7 Å². The maximum absolute atomic E-state index is 6.13. The summed E-state index contributed by atoms with van der Waals surface area (Å²) in [5.74, 6) is 1.38. The zero-order chi connectivity index (χ0) is 13.2. The number of tetrazole rings is 1. The molecule has 1 heterocycles. The highest BCUT2D eigenvalue weighted by Crippen LogP contribution is 2.30. The lowest BCUT2D eigenvalue weighted by Crippen LogP contribution is -2.17. The molecule has 2 N–H and O–H groups in total. The van der Waals surface area contributed by atoms with E-state index in [0.29, 0.717) is 12.4 Å². The van der Waals surface area contributed by atoms with Gasteiger partial charge in [0, 0.05) is 6.04 Å². The van der Waals surface area contributed by atoms with Crippen molar-refractivity contribution in [1.29, 1.82) is 0 Å². The van der Waals surface area contributed by atoms with E-state index in [1.165, 1.54) is 15.9 Å². The molecule has 0 radical (unpaired) electrons. The van der Waals surface area contributed by atoms with Gasteiger partial charge in [-0.1, -0.05) is 6.07 Å². The van der Waals surface area contributed by atoms with Crippen LogP contribution in [0.2, 0.25) is 0 Å². The van der Waals surface area contributed by atoms with Crippen LogP contribution >= 0.6 is 0 Å². The summed E-state index contributed by atoms with van der Waals surface area (Å²) in [5.41, 5.74) is 8.67. The van der Waals surface area contributed by atoms with Crippen LogP contribution in [0.4, 0.5) is 0 Å². The molecule has 1 atom stereocenters. The van der Waals surface area contributed by atoms with E-state index in [0.717, 1.165) is 25.0 Å². The molecule has 3 rings (SSSR count). The average Bonchev–Trinajstić information content (AvgIpc) is 2.83. The van der Waals surface area contributed by atoms with Crippen LogP contribution < -0.4 is 10.5 Å². The molecule has 1 aromatic heterocycles. The second-order valence-electron chi connectivity index (χ2n) is 4.84. The average molecular weight is 259 g/mol. The van der Waals surface area contributed by atoms with Gasteiger partial charge in [-0.25, -0.2) is 0 Å². The van der Waals surface area contributed by atoms with Gasteiger partial charge in [0.1, 0.15) is 5.75 Å². The number of nitrogens with two attached hydrogens (primary N) is 1. The number of hydrogen-bond donors (Lipinski definition) is 1. The van der Waals surface area contributed by atoms with Gasteiger partial charge in [-0.15, -0.1) is 10.2 Å². The standard InChI is InChI=1S/C13H17N5O/c1-18-16-13(15-17-18)8-19-10-6-5-9-3-2-4-12(14)11(9)7-10/h5-7,12H,2-4,8,14H2,1H3. The highest BCUT2D eigenvalue weighted by atomic mass is 16.5. The number of hydrogen-bond acceptors (Lipinski definition) is 5. The zero-order valence-corrected chi connectivity index (χ0v) is 10.9. The Kier molecular flexibility index (Phi) is 3.16. The van der Waals surface area contributed by atoms with Gasteiger partial charge in [-0.2, -0.15) is 4.80 Å². The predicted octanol–water partition coefficient (Wildman–Crippen LogP) is 1.13. The number of nitrogens with zero attached hydrogens (tertiary/aromatic N) is 4. The molecule has 0 amide bonds. The fourth-order valence-corrected chi connectivity index (χ4v) is 2.43. The molecule has 0 saturated carbocycles. The first-order chi connectivity index (χ1) is 9.22. The first kappa shape index (κ1) is 12.1. The minimum absolute atomic E-state index is 0.127. The summed E-state index contributed by atoms with van der Waals surface area (Å²) in [5, 5.41) is 11.7. The van der Waals surface area contributed by atoms with Crippen LogP contribution in [-0.4, -0.2) is 20.2 Å². The molecule has 1 aromatic carbocycles. The Bertz CT molecular complexity index is 580. The number of aromatic nitrogens is 4. The number of benzene rings is 1. The molecule has 6 heteroatoms. The first-order valence-corrected chi connectivity index (χ1v) is 6.46. The molecule has 0 aliphatic heterocycles. The van der Waals surface area contributed by atoms with Crippen molar-refractivity contribution in [2.75, 3.05) is 0 Å². The Hall–Kier alpha value is -1.95. The molecule has 19 heavy (non-hydrogen) atoms. The number of fused-ring (bicyclic) bond motifs is 1. The van der Waals surface area contributed by atoms with Gasteiger partial charge in [0.25, 0.3) is 0 Å². The molecular formula is C13H17N5O. The largest absolute Gasteiger partial charge is 0.485 e. The van der Waals surface area contributed by atoms with Gasteiger partial charge < -0.3 is 10.5 Å². The Morgan fingerprint density at radius 1 is 1.47 bits per heavy atom. The van der Waals surface area contributed by atoms with Gasteiger partial charge >= 0.3 is 0 Å². The molecule has 1 aliphatic rings. The van der Waals surface area contributed by atoms with E-state index in [9.17, 15) is 0 Å². The molecule has 0 saturated heterocycles. The normalized spacial score (nSPS) is 18.1. The third-order valence-electron chi connectivity index (χ3n) is 3.40. The summed E-state index contributed by atoms with van der Waals surface area (Å²) < 4.78 is 5.69. The summed E-state index contributed by atoms with van der Waals surface area (Å²) in [4.78, 5) is 1.42. The van der Waals surface area contributed by atoms with E-state index in [1.807, 2.05) is 12.1 Å². The maximum atomic E-state index is 6.13. The summed E-state index contributed by atoms with van der Waals surface area (Å²) >= 11 is 0. The van der Waals surface area contributed by atoms with E-state index in [2.05, 4.69) is 21.5 Å². The Balaban J connectivity index is 1.73. The van der Waals surface area contributed by atoms with Crippen LogP contribution in [0.5, 0.6) is 5.75 Å². The SMILES string of the molecule is Cn1nnc(COc2ccc3c(c2)C(N)CCC3)n1. The lowest BCUT2D eigenvalue weighted by Gasteiger charge is -2.22. The molecule has 6 nitrogen and oxygen atoms in total. The molecule has 1 aliphatic carbocycles. The van der Waals surface area contributed by atoms with E-state index in [-0.39, 0.29) is 6.04 Å². The van der Waals surface area contributed by atoms with Crippen molar-refractivity contribution in [2.45, 2.75) is 31.9 Å². The summed E-state index contributed by atoms with van der Waals surface area (Å²) in [7, 11) is 1.73. The van der Waals surface area contributed by atoms with Crippen LogP contribution in [-0.2, 0) is 20.1 Å². The van der Waals surface area contributed by atoms with Crippen LogP contribution in [0.15, 0.2) is 18.2 Å². The van der Waals surface area contributed by atoms with E-state index in [4.69, 9.17) is 10.5 Å². The third-order valence-corrected chi connectivity index (χ3v) is 3.40. The number of ether oxygens (including phenoxy) is 1. The lowest BCUT2D eigenvalue weighted by molar-refractivity contribution is 0.294. The Morgan fingerprint density at radius 2 is 2.37 bits per heavy atom. The molecule has 0 spiro atoms.